The highest BCUT2D eigenvalue weighted by atomic mass is 35.5. The smallest absolute Gasteiger partial charge is 0.179 e. The molecule has 2 aromatic heterocycles. The second-order valence-corrected chi connectivity index (χ2v) is 4.35. The second kappa shape index (κ2) is 4.31. The van der Waals surface area contributed by atoms with Crippen LogP contribution in [0.1, 0.15) is 5.69 Å². The summed E-state index contributed by atoms with van der Waals surface area (Å²) in [6.07, 6.45) is 3.59. The summed E-state index contributed by atoms with van der Waals surface area (Å²) in [7, 11) is 0. The molecule has 0 radical (unpaired) electrons. The Morgan fingerprint density at radius 3 is 2.67 bits per heavy atom. The Hall–Kier alpha value is -2.07. The molecule has 4 nitrogen and oxygen atoms in total. The van der Waals surface area contributed by atoms with Crippen molar-refractivity contribution in [3.63, 3.8) is 0 Å². The molecule has 3 aromatic rings. The molecule has 2 heterocycles. The molecule has 0 unspecified atom stereocenters. The molecule has 0 aliphatic rings. The van der Waals surface area contributed by atoms with Crippen molar-refractivity contribution < 1.29 is 0 Å². The minimum Gasteiger partial charge on any atom is -0.281 e. The average Bonchev–Trinajstić information content (AvgIpc) is 2.99. The number of nitrogens with zero attached hydrogens (tertiary/aromatic N) is 3. The van der Waals surface area contributed by atoms with Crippen LogP contribution in [0.4, 0.5) is 0 Å². The zero-order valence-electron chi connectivity index (χ0n) is 9.76. The van der Waals surface area contributed by atoms with Crippen molar-refractivity contribution >= 4 is 11.6 Å². The fraction of sp³-hybridized carbons (Fsp3) is 0.0769. The summed E-state index contributed by atoms with van der Waals surface area (Å²) in [5.74, 6) is 1.49. The molecule has 90 valence electrons. The molecule has 18 heavy (non-hydrogen) atoms. The summed E-state index contributed by atoms with van der Waals surface area (Å²) in [5.41, 5.74) is 1.87. The maximum absolute atomic E-state index is 6.22. The Balaban J connectivity index is 2.16. The van der Waals surface area contributed by atoms with Crippen molar-refractivity contribution in [1.29, 1.82) is 0 Å². The summed E-state index contributed by atoms with van der Waals surface area (Å²) >= 11 is 6.22. The predicted molar refractivity (Wildman–Crippen MR) is 70.9 cm³/mol. The SMILES string of the molecule is Cc1[nH]nc(-n2ccnc2-c2ccccc2)c1Cl. The van der Waals surface area contributed by atoms with Crippen molar-refractivity contribution in [3.8, 4) is 17.2 Å². The van der Waals surface area contributed by atoms with Gasteiger partial charge in [-0.05, 0) is 6.92 Å². The van der Waals surface area contributed by atoms with E-state index in [-0.39, 0.29) is 0 Å². The van der Waals surface area contributed by atoms with E-state index >= 15 is 0 Å². The maximum atomic E-state index is 6.22. The van der Waals surface area contributed by atoms with Crippen LogP contribution < -0.4 is 0 Å². The first-order valence-corrected chi connectivity index (χ1v) is 5.95. The highest BCUT2D eigenvalue weighted by Crippen LogP contribution is 2.26. The van der Waals surface area contributed by atoms with Gasteiger partial charge >= 0.3 is 0 Å². The second-order valence-electron chi connectivity index (χ2n) is 3.97. The standard InChI is InChI=1S/C13H11ClN4/c1-9-11(14)13(17-16-9)18-8-7-15-12(18)10-5-3-2-4-6-10/h2-8H,1H3,(H,16,17). The van der Waals surface area contributed by atoms with Crippen LogP contribution >= 0.6 is 11.6 Å². The lowest BCUT2D eigenvalue weighted by Gasteiger charge is -2.05. The summed E-state index contributed by atoms with van der Waals surface area (Å²) < 4.78 is 1.88. The van der Waals surface area contributed by atoms with Gasteiger partial charge in [0.1, 0.15) is 10.8 Å². The Kier molecular flexibility index (Phi) is 2.64. The van der Waals surface area contributed by atoms with Crippen molar-refractivity contribution in [2.24, 2.45) is 0 Å². The lowest BCUT2D eigenvalue weighted by molar-refractivity contribution is 0.954. The number of aromatic amines is 1. The molecule has 1 N–H and O–H groups in total. The lowest BCUT2D eigenvalue weighted by atomic mass is 10.2. The zero-order chi connectivity index (χ0) is 12.5. The number of aromatic nitrogens is 4. The third-order valence-electron chi connectivity index (χ3n) is 2.76. The number of benzene rings is 1. The Morgan fingerprint density at radius 1 is 1.22 bits per heavy atom. The van der Waals surface area contributed by atoms with E-state index < -0.39 is 0 Å². The van der Waals surface area contributed by atoms with Gasteiger partial charge in [0.25, 0.3) is 0 Å². The number of aryl methyl sites for hydroxylation is 1. The summed E-state index contributed by atoms with van der Waals surface area (Å²) in [5, 5.41) is 7.70. The van der Waals surface area contributed by atoms with Crippen LogP contribution in [-0.4, -0.2) is 19.7 Å². The maximum Gasteiger partial charge on any atom is 0.179 e. The topological polar surface area (TPSA) is 46.5 Å². The summed E-state index contributed by atoms with van der Waals surface area (Å²) in [6.45, 7) is 1.89. The Bertz CT molecular complexity index is 669. The van der Waals surface area contributed by atoms with Crippen molar-refractivity contribution in [3.05, 3.63) is 53.4 Å². The van der Waals surface area contributed by atoms with Gasteiger partial charge in [0, 0.05) is 18.0 Å². The van der Waals surface area contributed by atoms with Gasteiger partial charge in [0.15, 0.2) is 5.82 Å². The van der Waals surface area contributed by atoms with Crippen LogP contribution in [0.15, 0.2) is 42.7 Å². The average molecular weight is 259 g/mol. The molecule has 5 heteroatoms. The monoisotopic (exact) mass is 258 g/mol. The van der Waals surface area contributed by atoms with E-state index in [0.29, 0.717) is 10.8 Å². The van der Waals surface area contributed by atoms with E-state index in [0.717, 1.165) is 17.1 Å². The molecule has 0 saturated heterocycles. The minimum atomic E-state index is 0.616. The van der Waals surface area contributed by atoms with E-state index in [1.54, 1.807) is 6.20 Å². The van der Waals surface area contributed by atoms with Crippen LogP contribution in [0.3, 0.4) is 0 Å². The van der Waals surface area contributed by atoms with Gasteiger partial charge in [-0.3, -0.25) is 9.67 Å². The largest absolute Gasteiger partial charge is 0.281 e. The number of hydrogen-bond donors (Lipinski definition) is 1. The number of H-pyrrole nitrogens is 1. The highest BCUT2D eigenvalue weighted by Gasteiger charge is 2.14. The van der Waals surface area contributed by atoms with Crippen molar-refractivity contribution in [1.82, 2.24) is 19.7 Å². The molecule has 0 amide bonds. The van der Waals surface area contributed by atoms with E-state index in [2.05, 4.69) is 15.2 Å². The van der Waals surface area contributed by atoms with Crippen LogP contribution in [0.5, 0.6) is 0 Å². The van der Waals surface area contributed by atoms with E-state index in [1.165, 1.54) is 0 Å². The van der Waals surface area contributed by atoms with Gasteiger partial charge in [-0.15, -0.1) is 0 Å². The molecule has 3 rings (SSSR count). The van der Waals surface area contributed by atoms with E-state index in [4.69, 9.17) is 11.6 Å². The zero-order valence-corrected chi connectivity index (χ0v) is 10.5. The van der Waals surface area contributed by atoms with Gasteiger partial charge in [-0.1, -0.05) is 41.9 Å². The lowest BCUT2D eigenvalue weighted by Crippen LogP contribution is -1.97. The third kappa shape index (κ3) is 1.71. The predicted octanol–water partition coefficient (Wildman–Crippen LogP) is 3.22. The van der Waals surface area contributed by atoms with E-state index in [9.17, 15) is 0 Å². The molecule has 0 bridgehead atoms. The van der Waals surface area contributed by atoms with Gasteiger partial charge < -0.3 is 0 Å². The minimum absolute atomic E-state index is 0.616. The third-order valence-corrected chi connectivity index (χ3v) is 3.21. The normalized spacial score (nSPS) is 10.8. The number of hydrogen-bond acceptors (Lipinski definition) is 2. The van der Waals surface area contributed by atoms with Crippen molar-refractivity contribution in [2.45, 2.75) is 6.92 Å². The number of rotatable bonds is 2. The number of imidazole rings is 1. The fourth-order valence-corrected chi connectivity index (χ4v) is 2.01. The fourth-order valence-electron chi connectivity index (χ4n) is 1.84. The van der Waals surface area contributed by atoms with Gasteiger partial charge in [-0.25, -0.2) is 4.98 Å². The molecule has 0 fully saturated rings. The van der Waals surface area contributed by atoms with Crippen LogP contribution in [0.25, 0.3) is 17.2 Å². The summed E-state index contributed by atoms with van der Waals surface area (Å²) in [4.78, 5) is 4.36. The number of halogens is 1. The number of nitrogens with one attached hydrogen (secondary N) is 1. The Morgan fingerprint density at radius 2 is 2.00 bits per heavy atom. The van der Waals surface area contributed by atoms with Crippen molar-refractivity contribution in [2.75, 3.05) is 0 Å². The molecular weight excluding hydrogens is 248 g/mol. The molecule has 0 aliphatic heterocycles. The van der Waals surface area contributed by atoms with Gasteiger partial charge in [-0.2, -0.15) is 5.10 Å². The molecule has 1 aromatic carbocycles. The van der Waals surface area contributed by atoms with Crippen LogP contribution in [0.2, 0.25) is 5.02 Å². The van der Waals surface area contributed by atoms with Crippen LogP contribution in [0, 0.1) is 6.92 Å². The first-order valence-electron chi connectivity index (χ1n) is 5.57. The first kappa shape index (κ1) is 11.0. The molecule has 0 aliphatic carbocycles. The first-order chi connectivity index (χ1) is 8.77. The quantitative estimate of drug-likeness (QED) is 0.767. The molecular formula is C13H11ClN4. The van der Waals surface area contributed by atoms with Gasteiger partial charge in [0.05, 0.1) is 5.69 Å². The van der Waals surface area contributed by atoms with E-state index in [1.807, 2.05) is 48.0 Å². The Labute approximate surface area is 109 Å². The molecule has 0 saturated carbocycles. The highest BCUT2D eigenvalue weighted by molar-refractivity contribution is 6.32. The van der Waals surface area contributed by atoms with Gasteiger partial charge in [0.2, 0.25) is 0 Å². The summed E-state index contributed by atoms with van der Waals surface area (Å²) in [6, 6.07) is 9.94. The van der Waals surface area contributed by atoms with Crippen LogP contribution in [-0.2, 0) is 0 Å². The molecule has 0 atom stereocenters. The molecule has 0 spiro atoms.